The van der Waals surface area contributed by atoms with Gasteiger partial charge >= 0.3 is 0 Å². The predicted molar refractivity (Wildman–Crippen MR) is 118 cm³/mol. The molecule has 1 fully saturated rings. The van der Waals surface area contributed by atoms with Crippen LogP contribution in [0.4, 0.5) is 17.3 Å². The molecule has 0 atom stereocenters. The molecule has 5 nitrogen and oxygen atoms in total. The van der Waals surface area contributed by atoms with Crippen LogP contribution in [-0.2, 0) is 0 Å². The maximum absolute atomic E-state index is 13.0. The molecule has 1 aliphatic rings. The average molecular weight is 382 g/mol. The van der Waals surface area contributed by atoms with Gasteiger partial charge in [0.15, 0.2) is 11.1 Å². The van der Waals surface area contributed by atoms with Crippen molar-refractivity contribution in [3.8, 4) is 5.69 Å². The molecule has 0 spiro atoms. The third-order valence-electron chi connectivity index (χ3n) is 5.15. The van der Waals surface area contributed by atoms with Crippen molar-refractivity contribution >= 4 is 28.4 Å². The van der Waals surface area contributed by atoms with Crippen LogP contribution in [0.25, 0.3) is 16.7 Å². The molecule has 0 aliphatic heterocycles. The summed E-state index contributed by atoms with van der Waals surface area (Å²) in [4.78, 5) is 17.9. The summed E-state index contributed by atoms with van der Waals surface area (Å²) in [6, 6.07) is 24.0. The van der Waals surface area contributed by atoms with Crippen LogP contribution in [0.3, 0.4) is 0 Å². The van der Waals surface area contributed by atoms with E-state index >= 15 is 0 Å². The molecule has 0 saturated heterocycles. The lowest BCUT2D eigenvalue weighted by Gasteiger charge is -2.19. The molecule has 0 amide bonds. The van der Waals surface area contributed by atoms with Crippen molar-refractivity contribution in [2.75, 3.05) is 10.6 Å². The first-order valence-electron chi connectivity index (χ1n) is 9.90. The lowest BCUT2D eigenvalue weighted by molar-refractivity contribution is 1.05. The number of nitrogens with one attached hydrogen (secondary N) is 2. The molecule has 144 valence electrons. The van der Waals surface area contributed by atoms with Crippen molar-refractivity contribution in [1.29, 1.82) is 0 Å². The Labute approximate surface area is 169 Å². The molecule has 1 aliphatic carbocycles. The average Bonchev–Trinajstić information content (AvgIpc) is 3.53. The summed E-state index contributed by atoms with van der Waals surface area (Å²) in [5, 5.41) is 7.51. The minimum atomic E-state index is -0.0337. The van der Waals surface area contributed by atoms with Gasteiger partial charge in [0.25, 0.3) is 0 Å². The Morgan fingerprint density at radius 2 is 1.66 bits per heavy atom. The number of hydrogen-bond donors (Lipinski definition) is 2. The highest BCUT2D eigenvalue weighted by molar-refractivity contribution is 5.85. The van der Waals surface area contributed by atoms with E-state index in [1.165, 1.54) is 12.8 Å². The first-order chi connectivity index (χ1) is 14.2. The lowest BCUT2D eigenvalue weighted by Crippen LogP contribution is -2.15. The second-order valence-corrected chi connectivity index (χ2v) is 7.50. The second kappa shape index (κ2) is 7.09. The Hall–Kier alpha value is -3.60. The van der Waals surface area contributed by atoms with Crippen LogP contribution in [0.5, 0.6) is 0 Å². The number of hydrogen-bond acceptors (Lipinski definition) is 4. The maximum Gasteiger partial charge on any atom is 0.193 e. The number of para-hydroxylation sites is 2. The number of rotatable bonds is 5. The van der Waals surface area contributed by atoms with Crippen molar-refractivity contribution in [2.24, 2.45) is 0 Å². The van der Waals surface area contributed by atoms with E-state index < -0.39 is 0 Å². The SMILES string of the molecule is Cc1cc(NC2CC2)nc2c1c(=O)cc(Nc1ccccc1)n2-c1ccccc1. The highest BCUT2D eigenvalue weighted by atomic mass is 16.1. The van der Waals surface area contributed by atoms with Gasteiger partial charge in [-0.3, -0.25) is 9.36 Å². The summed E-state index contributed by atoms with van der Waals surface area (Å²) in [5.41, 5.74) is 3.42. The standard InChI is InChI=1S/C24H22N4O/c1-16-14-21(25-18-12-13-18)27-24-23(16)20(29)15-22(26-17-8-4-2-5-9-17)28(24)19-10-6-3-7-11-19/h2-11,14-15,18,26H,12-13H2,1H3,(H,25,27). The van der Waals surface area contributed by atoms with E-state index in [0.29, 0.717) is 22.9 Å². The lowest BCUT2D eigenvalue weighted by atomic mass is 10.1. The van der Waals surface area contributed by atoms with Crippen LogP contribution in [0.2, 0.25) is 0 Å². The fourth-order valence-corrected chi connectivity index (χ4v) is 3.61. The van der Waals surface area contributed by atoms with Crippen molar-refractivity contribution in [3.05, 3.63) is 88.6 Å². The summed E-state index contributed by atoms with van der Waals surface area (Å²) in [6.45, 7) is 1.98. The summed E-state index contributed by atoms with van der Waals surface area (Å²) in [5.74, 6) is 1.51. The Kier molecular flexibility index (Phi) is 4.28. The van der Waals surface area contributed by atoms with Crippen LogP contribution in [0.15, 0.2) is 77.6 Å². The zero-order valence-corrected chi connectivity index (χ0v) is 16.2. The smallest absolute Gasteiger partial charge is 0.193 e. The molecule has 5 heteroatoms. The first kappa shape index (κ1) is 17.5. The largest absolute Gasteiger partial charge is 0.367 e. The van der Waals surface area contributed by atoms with Crippen LogP contribution >= 0.6 is 0 Å². The van der Waals surface area contributed by atoms with E-state index in [1.807, 2.05) is 78.2 Å². The van der Waals surface area contributed by atoms with E-state index in [1.54, 1.807) is 6.07 Å². The molecule has 2 heterocycles. The van der Waals surface area contributed by atoms with E-state index in [-0.39, 0.29) is 5.43 Å². The first-order valence-corrected chi connectivity index (χ1v) is 9.90. The van der Waals surface area contributed by atoms with Crippen molar-refractivity contribution in [3.63, 3.8) is 0 Å². The van der Waals surface area contributed by atoms with Crippen LogP contribution in [-0.4, -0.2) is 15.6 Å². The van der Waals surface area contributed by atoms with Crippen molar-refractivity contribution in [1.82, 2.24) is 9.55 Å². The van der Waals surface area contributed by atoms with Gasteiger partial charge in [0, 0.05) is 23.5 Å². The number of nitrogens with zero attached hydrogens (tertiary/aromatic N) is 2. The molecule has 1 saturated carbocycles. The van der Waals surface area contributed by atoms with Gasteiger partial charge in [-0.2, -0.15) is 0 Å². The Morgan fingerprint density at radius 1 is 0.966 bits per heavy atom. The molecule has 0 unspecified atom stereocenters. The number of aromatic nitrogens is 2. The molecular formula is C24H22N4O. The molecular weight excluding hydrogens is 360 g/mol. The van der Waals surface area contributed by atoms with Crippen molar-refractivity contribution in [2.45, 2.75) is 25.8 Å². The zero-order chi connectivity index (χ0) is 19.8. The molecule has 0 bridgehead atoms. The predicted octanol–water partition coefficient (Wildman–Crippen LogP) is 5.01. The van der Waals surface area contributed by atoms with Crippen molar-refractivity contribution < 1.29 is 0 Å². The Morgan fingerprint density at radius 3 is 2.34 bits per heavy atom. The van der Waals surface area contributed by atoms with Crippen LogP contribution < -0.4 is 16.1 Å². The summed E-state index contributed by atoms with van der Waals surface area (Å²) >= 11 is 0. The van der Waals surface area contributed by atoms with E-state index in [9.17, 15) is 4.79 Å². The molecule has 29 heavy (non-hydrogen) atoms. The summed E-state index contributed by atoms with van der Waals surface area (Å²) in [6.07, 6.45) is 2.33. The molecule has 2 aromatic heterocycles. The maximum atomic E-state index is 13.0. The Bertz CT molecular complexity index is 1230. The minimum Gasteiger partial charge on any atom is -0.367 e. The number of fused-ring (bicyclic) bond motifs is 1. The highest BCUT2D eigenvalue weighted by Crippen LogP contribution is 2.29. The molecule has 5 rings (SSSR count). The number of pyridine rings is 2. The normalized spacial score (nSPS) is 13.4. The van der Waals surface area contributed by atoms with Gasteiger partial charge in [-0.1, -0.05) is 36.4 Å². The second-order valence-electron chi connectivity index (χ2n) is 7.50. The van der Waals surface area contributed by atoms with Crippen LogP contribution in [0, 0.1) is 6.92 Å². The van der Waals surface area contributed by atoms with Gasteiger partial charge < -0.3 is 10.6 Å². The number of benzene rings is 2. The monoisotopic (exact) mass is 382 g/mol. The minimum absolute atomic E-state index is 0.0337. The molecule has 0 radical (unpaired) electrons. The third-order valence-corrected chi connectivity index (χ3v) is 5.15. The topological polar surface area (TPSA) is 59.0 Å². The zero-order valence-electron chi connectivity index (χ0n) is 16.2. The fourth-order valence-electron chi connectivity index (χ4n) is 3.61. The highest BCUT2D eigenvalue weighted by Gasteiger charge is 2.22. The van der Waals surface area contributed by atoms with E-state index in [4.69, 9.17) is 4.98 Å². The molecule has 2 N–H and O–H groups in total. The van der Waals surface area contributed by atoms with Gasteiger partial charge in [0.2, 0.25) is 0 Å². The molecule has 4 aromatic rings. The summed E-state index contributed by atoms with van der Waals surface area (Å²) < 4.78 is 2.02. The van der Waals surface area contributed by atoms with E-state index in [0.717, 1.165) is 22.8 Å². The summed E-state index contributed by atoms with van der Waals surface area (Å²) in [7, 11) is 0. The third kappa shape index (κ3) is 3.47. The number of anilines is 3. The van der Waals surface area contributed by atoms with E-state index in [2.05, 4.69) is 10.6 Å². The van der Waals surface area contributed by atoms with Gasteiger partial charge in [-0.15, -0.1) is 0 Å². The van der Waals surface area contributed by atoms with Gasteiger partial charge in [0.05, 0.1) is 5.39 Å². The Balaban J connectivity index is 1.77. The van der Waals surface area contributed by atoms with Gasteiger partial charge in [0.1, 0.15) is 11.6 Å². The molecule has 2 aromatic carbocycles. The van der Waals surface area contributed by atoms with Gasteiger partial charge in [-0.25, -0.2) is 4.98 Å². The fraction of sp³-hybridized carbons (Fsp3) is 0.167. The quantitative estimate of drug-likeness (QED) is 0.509. The van der Waals surface area contributed by atoms with Crippen LogP contribution in [0.1, 0.15) is 18.4 Å². The van der Waals surface area contributed by atoms with Gasteiger partial charge in [-0.05, 0) is 55.7 Å². The number of aryl methyl sites for hydroxylation is 1.